The van der Waals surface area contributed by atoms with E-state index in [9.17, 15) is 4.79 Å². The van der Waals surface area contributed by atoms with Crippen molar-refractivity contribution < 1.29 is 4.79 Å². The number of aldehydes is 1. The van der Waals surface area contributed by atoms with E-state index in [2.05, 4.69) is 30.3 Å². The van der Waals surface area contributed by atoms with Gasteiger partial charge < -0.3 is 4.79 Å². The van der Waals surface area contributed by atoms with Crippen molar-refractivity contribution in [3.8, 4) is 0 Å². The third-order valence-electron chi connectivity index (χ3n) is 4.04. The lowest BCUT2D eigenvalue weighted by atomic mass is 9.77. The number of hydrogen-bond donors (Lipinski definition) is 0. The maximum Gasteiger partial charge on any atom is 0.123 e. The van der Waals surface area contributed by atoms with E-state index in [4.69, 9.17) is 0 Å². The van der Waals surface area contributed by atoms with Crippen LogP contribution in [-0.2, 0) is 4.79 Å². The molecule has 0 unspecified atom stereocenters. The monoisotopic (exact) mass is 212 g/mol. The summed E-state index contributed by atoms with van der Waals surface area (Å²) in [6.45, 7) is 0. The molecule has 0 aromatic heterocycles. The van der Waals surface area contributed by atoms with Crippen molar-refractivity contribution in [2.24, 2.45) is 17.8 Å². The number of allylic oxidation sites excluding steroid dienone is 2. The minimum atomic E-state index is 0.255. The Kier molecular flexibility index (Phi) is 2.39. The number of rotatable bonds is 2. The highest BCUT2D eigenvalue weighted by molar-refractivity contribution is 5.74. The van der Waals surface area contributed by atoms with Gasteiger partial charge in [-0.25, -0.2) is 0 Å². The van der Waals surface area contributed by atoms with Crippen molar-refractivity contribution in [2.75, 3.05) is 0 Å². The van der Waals surface area contributed by atoms with Crippen LogP contribution in [-0.4, -0.2) is 6.29 Å². The number of carbonyl (C=O) groups excluding carboxylic acids is 1. The Balaban J connectivity index is 1.96. The summed E-state index contributed by atoms with van der Waals surface area (Å²) < 4.78 is 0. The molecular formula is C15H16O. The maximum atomic E-state index is 11.1. The fourth-order valence-corrected chi connectivity index (χ4v) is 3.22. The van der Waals surface area contributed by atoms with E-state index in [-0.39, 0.29) is 5.92 Å². The molecule has 2 aliphatic carbocycles. The lowest BCUT2D eigenvalue weighted by Crippen LogP contribution is -2.21. The Morgan fingerprint density at radius 1 is 1.12 bits per heavy atom. The molecule has 2 aliphatic rings. The molecule has 3 atom stereocenters. The van der Waals surface area contributed by atoms with Gasteiger partial charge in [0.05, 0.1) is 0 Å². The molecule has 0 spiro atoms. The zero-order valence-electron chi connectivity index (χ0n) is 9.30. The second kappa shape index (κ2) is 3.89. The standard InChI is InChI=1S/C15H16O/c16-10-13-7-6-11-8-14(15(13)9-11)12-4-2-1-3-5-12/h1-5,8,10-11,13,15H,6-7,9H2/t11-,13+,15+/m1/s1. The van der Waals surface area contributed by atoms with Gasteiger partial charge in [0.2, 0.25) is 0 Å². The van der Waals surface area contributed by atoms with Gasteiger partial charge in [-0.3, -0.25) is 0 Å². The molecule has 2 bridgehead atoms. The van der Waals surface area contributed by atoms with Gasteiger partial charge in [0, 0.05) is 5.92 Å². The van der Waals surface area contributed by atoms with Crippen molar-refractivity contribution >= 4 is 11.9 Å². The molecule has 0 N–H and O–H groups in total. The Morgan fingerprint density at radius 2 is 1.94 bits per heavy atom. The smallest absolute Gasteiger partial charge is 0.123 e. The van der Waals surface area contributed by atoms with Gasteiger partial charge in [-0.15, -0.1) is 0 Å². The topological polar surface area (TPSA) is 17.1 Å². The molecule has 1 saturated carbocycles. The molecule has 0 saturated heterocycles. The van der Waals surface area contributed by atoms with Crippen LogP contribution in [0.1, 0.15) is 24.8 Å². The van der Waals surface area contributed by atoms with Gasteiger partial charge in [-0.05, 0) is 42.2 Å². The van der Waals surface area contributed by atoms with Crippen molar-refractivity contribution in [2.45, 2.75) is 19.3 Å². The fourth-order valence-electron chi connectivity index (χ4n) is 3.22. The Labute approximate surface area is 96.2 Å². The van der Waals surface area contributed by atoms with E-state index in [0.717, 1.165) is 12.3 Å². The van der Waals surface area contributed by atoms with Crippen molar-refractivity contribution in [3.63, 3.8) is 0 Å². The van der Waals surface area contributed by atoms with Crippen LogP contribution in [0.5, 0.6) is 0 Å². The molecule has 1 nitrogen and oxygen atoms in total. The number of fused-ring (bicyclic) bond motifs is 2. The van der Waals surface area contributed by atoms with E-state index in [0.29, 0.717) is 5.92 Å². The molecule has 0 aliphatic heterocycles. The molecular weight excluding hydrogens is 196 g/mol. The first-order valence-electron chi connectivity index (χ1n) is 6.11. The third-order valence-corrected chi connectivity index (χ3v) is 4.04. The zero-order valence-corrected chi connectivity index (χ0v) is 9.30. The van der Waals surface area contributed by atoms with Crippen LogP contribution in [0.15, 0.2) is 36.4 Å². The summed E-state index contributed by atoms with van der Waals surface area (Å²) in [6, 6.07) is 10.5. The molecule has 1 fully saturated rings. The summed E-state index contributed by atoms with van der Waals surface area (Å²) in [5, 5.41) is 0. The van der Waals surface area contributed by atoms with E-state index in [1.807, 2.05) is 6.07 Å². The van der Waals surface area contributed by atoms with Crippen LogP contribution < -0.4 is 0 Å². The van der Waals surface area contributed by atoms with Crippen LogP contribution in [0.3, 0.4) is 0 Å². The molecule has 3 rings (SSSR count). The second-order valence-corrected chi connectivity index (χ2v) is 4.97. The van der Waals surface area contributed by atoms with Gasteiger partial charge in [0.15, 0.2) is 0 Å². The average Bonchev–Trinajstić information content (AvgIpc) is 2.69. The first kappa shape index (κ1) is 9.83. The maximum absolute atomic E-state index is 11.1. The molecule has 0 radical (unpaired) electrons. The summed E-state index contributed by atoms with van der Waals surface area (Å²) >= 11 is 0. The van der Waals surface area contributed by atoms with Crippen molar-refractivity contribution in [1.29, 1.82) is 0 Å². The zero-order chi connectivity index (χ0) is 11.0. The minimum absolute atomic E-state index is 0.255. The first-order chi connectivity index (χ1) is 7.88. The van der Waals surface area contributed by atoms with Crippen LogP contribution in [0.4, 0.5) is 0 Å². The van der Waals surface area contributed by atoms with E-state index < -0.39 is 0 Å². The second-order valence-electron chi connectivity index (χ2n) is 4.97. The van der Waals surface area contributed by atoms with Gasteiger partial charge in [0.1, 0.15) is 6.29 Å². The molecule has 0 amide bonds. The predicted octanol–water partition coefficient (Wildman–Crippen LogP) is 3.32. The summed E-state index contributed by atoms with van der Waals surface area (Å²) in [5.74, 6) is 1.46. The molecule has 0 heterocycles. The Hall–Kier alpha value is -1.37. The van der Waals surface area contributed by atoms with Gasteiger partial charge in [-0.1, -0.05) is 36.4 Å². The first-order valence-corrected chi connectivity index (χ1v) is 6.11. The van der Waals surface area contributed by atoms with Crippen molar-refractivity contribution in [1.82, 2.24) is 0 Å². The van der Waals surface area contributed by atoms with E-state index in [1.165, 1.54) is 30.3 Å². The quantitative estimate of drug-likeness (QED) is 0.687. The number of hydrogen-bond acceptors (Lipinski definition) is 1. The van der Waals surface area contributed by atoms with Crippen LogP contribution >= 0.6 is 0 Å². The lowest BCUT2D eigenvalue weighted by molar-refractivity contribution is -0.112. The fraction of sp³-hybridized carbons (Fsp3) is 0.400. The van der Waals surface area contributed by atoms with Crippen LogP contribution in [0.25, 0.3) is 5.57 Å². The molecule has 16 heavy (non-hydrogen) atoms. The highest BCUT2D eigenvalue weighted by Crippen LogP contribution is 2.47. The number of benzene rings is 1. The summed E-state index contributed by atoms with van der Waals surface area (Å²) in [5.41, 5.74) is 2.73. The van der Waals surface area contributed by atoms with Crippen molar-refractivity contribution in [3.05, 3.63) is 42.0 Å². The molecule has 1 aromatic carbocycles. The highest BCUT2D eigenvalue weighted by atomic mass is 16.1. The average molecular weight is 212 g/mol. The van der Waals surface area contributed by atoms with Gasteiger partial charge in [0.25, 0.3) is 0 Å². The van der Waals surface area contributed by atoms with E-state index in [1.54, 1.807) is 0 Å². The van der Waals surface area contributed by atoms with E-state index >= 15 is 0 Å². The largest absolute Gasteiger partial charge is 0.303 e. The third kappa shape index (κ3) is 1.51. The van der Waals surface area contributed by atoms with Gasteiger partial charge in [-0.2, -0.15) is 0 Å². The Morgan fingerprint density at radius 3 is 2.69 bits per heavy atom. The number of carbonyl (C=O) groups is 1. The predicted molar refractivity (Wildman–Crippen MR) is 64.8 cm³/mol. The summed E-state index contributed by atoms with van der Waals surface area (Å²) in [6.07, 6.45) is 7.03. The Bertz CT molecular complexity index is 418. The summed E-state index contributed by atoms with van der Waals surface area (Å²) in [7, 11) is 0. The molecule has 82 valence electrons. The lowest BCUT2D eigenvalue weighted by Gasteiger charge is -2.26. The minimum Gasteiger partial charge on any atom is -0.303 e. The van der Waals surface area contributed by atoms with Gasteiger partial charge >= 0.3 is 0 Å². The molecule has 1 heteroatoms. The SMILES string of the molecule is O=C[C@@H]1CC[C@@H]2C=C(c3ccccc3)[C@H]1C2. The summed E-state index contributed by atoms with van der Waals surface area (Å²) in [4.78, 5) is 11.1. The highest BCUT2D eigenvalue weighted by Gasteiger charge is 2.37. The normalized spacial score (nSPS) is 32.2. The van der Waals surface area contributed by atoms with Crippen LogP contribution in [0, 0.1) is 17.8 Å². The van der Waals surface area contributed by atoms with Crippen LogP contribution in [0.2, 0.25) is 0 Å². The molecule has 1 aromatic rings.